The Labute approximate surface area is 155 Å². The SMILES string of the molecule is CC[C@H](NC(=O)c1ccc(N2CCCC2=O)cc1)c1ccc(C)cc1C. The molecular weight excluding hydrogens is 324 g/mol. The standard InChI is InChI=1S/C22H26N2O2/c1-4-20(19-12-7-15(2)14-16(19)3)23-22(26)17-8-10-18(11-9-17)24-13-5-6-21(24)25/h7-12,14,20H,4-6,13H2,1-3H3,(H,23,26)/t20-/m0/s1. The fraction of sp³-hybridized carbons (Fsp3) is 0.364. The lowest BCUT2D eigenvalue weighted by Gasteiger charge is -2.20. The molecule has 1 atom stereocenters. The van der Waals surface area contributed by atoms with Gasteiger partial charge in [-0.1, -0.05) is 30.7 Å². The number of aryl methyl sites for hydroxylation is 2. The first-order valence-electron chi connectivity index (χ1n) is 9.28. The molecule has 4 heteroatoms. The van der Waals surface area contributed by atoms with Crippen molar-refractivity contribution in [3.63, 3.8) is 0 Å². The van der Waals surface area contributed by atoms with Gasteiger partial charge in [-0.25, -0.2) is 0 Å². The average molecular weight is 350 g/mol. The Kier molecular flexibility index (Phi) is 5.40. The Morgan fingerprint density at radius 2 is 1.88 bits per heavy atom. The lowest BCUT2D eigenvalue weighted by atomic mass is 9.97. The van der Waals surface area contributed by atoms with E-state index in [0.717, 1.165) is 30.6 Å². The molecule has 2 amide bonds. The fourth-order valence-electron chi connectivity index (χ4n) is 3.57. The molecule has 1 saturated heterocycles. The number of carbonyl (C=O) groups is 2. The second-order valence-corrected chi connectivity index (χ2v) is 6.99. The summed E-state index contributed by atoms with van der Waals surface area (Å²) in [5, 5.41) is 3.14. The number of benzene rings is 2. The normalized spacial score (nSPS) is 15.2. The largest absolute Gasteiger partial charge is 0.345 e. The summed E-state index contributed by atoms with van der Waals surface area (Å²) < 4.78 is 0. The third kappa shape index (κ3) is 3.79. The highest BCUT2D eigenvalue weighted by Gasteiger charge is 2.22. The topological polar surface area (TPSA) is 49.4 Å². The zero-order valence-corrected chi connectivity index (χ0v) is 15.7. The molecule has 1 N–H and O–H groups in total. The van der Waals surface area contributed by atoms with E-state index in [4.69, 9.17) is 0 Å². The average Bonchev–Trinajstić information content (AvgIpc) is 3.06. The number of nitrogens with zero attached hydrogens (tertiary/aromatic N) is 1. The van der Waals surface area contributed by atoms with Gasteiger partial charge in [0.05, 0.1) is 6.04 Å². The molecule has 0 saturated carbocycles. The predicted octanol–water partition coefficient (Wildman–Crippen LogP) is 4.31. The summed E-state index contributed by atoms with van der Waals surface area (Å²) in [4.78, 5) is 26.3. The lowest BCUT2D eigenvalue weighted by Crippen LogP contribution is -2.29. The van der Waals surface area contributed by atoms with Gasteiger partial charge in [0.25, 0.3) is 5.91 Å². The van der Waals surface area contributed by atoms with Gasteiger partial charge in [0.1, 0.15) is 0 Å². The molecule has 1 aliphatic heterocycles. The third-order valence-electron chi connectivity index (χ3n) is 5.03. The Morgan fingerprint density at radius 1 is 1.15 bits per heavy atom. The van der Waals surface area contributed by atoms with E-state index in [0.29, 0.717) is 12.0 Å². The van der Waals surface area contributed by atoms with Gasteiger partial charge in [-0.05, 0) is 62.1 Å². The first kappa shape index (κ1) is 18.2. The van der Waals surface area contributed by atoms with Crippen molar-refractivity contribution < 1.29 is 9.59 Å². The summed E-state index contributed by atoms with van der Waals surface area (Å²) in [5.74, 6) is 0.0687. The van der Waals surface area contributed by atoms with Crippen molar-refractivity contribution >= 4 is 17.5 Å². The van der Waals surface area contributed by atoms with Crippen LogP contribution in [0, 0.1) is 13.8 Å². The number of carbonyl (C=O) groups excluding carboxylic acids is 2. The van der Waals surface area contributed by atoms with Gasteiger partial charge in [-0.15, -0.1) is 0 Å². The molecule has 26 heavy (non-hydrogen) atoms. The summed E-state index contributed by atoms with van der Waals surface area (Å²) >= 11 is 0. The van der Waals surface area contributed by atoms with E-state index < -0.39 is 0 Å². The van der Waals surface area contributed by atoms with Crippen LogP contribution >= 0.6 is 0 Å². The zero-order valence-electron chi connectivity index (χ0n) is 15.7. The molecule has 0 aliphatic carbocycles. The second kappa shape index (κ2) is 7.73. The van der Waals surface area contributed by atoms with Gasteiger partial charge in [0, 0.05) is 24.2 Å². The maximum absolute atomic E-state index is 12.7. The van der Waals surface area contributed by atoms with Gasteiger partial charge in [-0.2, -0.15) is 0 Å². The van der Waals surface area contributed by atoms with Crippen molar-refractivity contribution in [1.82, 2.24) is 5.32 Å². The number of amides is 2. The maximum atomic E-state index is 12.7. The molecule has 2 aromatic rings. The molecule has 0 spiro atoms. The van der Waals surface area contributed by atoms with Gasteiger partial charge < -0.3 is 10.2 Å². The molecule has 0 bridgehead atoms. The van der Waals surface area contributed by atoms with Crippen molar-refractivity contribution in [3.05, 3.63) is 64.7 Å². The van der Waals surface area contributed by atoms with Gasteiger partial charge in [0.15, 0.2) is 0 Å². The molecule has 0 radical (unpaired) electrons. The minimum absolute atomic E-state index is 0.0112. The van der Waals surface area contributed by atoms with Crippen molar-refractivity contribution in [2.45, 2.75) is 46.1 Å². The minimum Gasteiger partial charge on any atom is -0.345 e. The highest BCUT2D eigenvalue weighted by Crippen LogP contribution is 2.24. The maximum Gasteiger partial charge on any atom is 0.251 e. The Balaban J connectivity index is 1.73. The number of hydrogen-bond acceptors (Lipinski definition) is 2. The van der Waals surface area contributed by atoms with Crippen LogP contribution in [0.3, 0.4) is 0 Å². The van der Waals surface area contributed by atoms with Crippen molar-refractivity contribution in [1.29, 1.82) is 0 Å². The molecule has 1 fully saturated rings. The number of anilines is 1. The minimum atomic E-state index is -0.0869. The first-order valence-corrected chi connectivity index (χ1v) is 9.28. The van der Waals surface area contributed by atoms with Crippen LogP contribution in [0.25, 0.3) is 0 Å². The lowest BCUT2D eigenvalue weighted by molar-refractivity contribution is -0.117. The van der Waals surface area contributed by atoms with E-state index in [9.17, 15) is 9.59 Å². The molecule has 3 rings (SSSR count). The molecule has 4 nitrogen and oxygen atoms in total. The van der Waals surface area contributed by atoms with Gasteiger partial charge >= 0.3 is 0 Å². The van der Waals surface area contributed by atoms with Crippen molar-refractivity contribution in [2.75, 3.05) is 11.4 Å². The van der Waals surface area contributed by atoms with Crippen LogP contribution in [-0.4, -0.2) is 18.4 Å². The molecule has 0 unspecified atom stereocenters. The number of nitrogens with one attached hydrogen (secondary N) is 1. The van der Waals surface area contributed by atoms with E-state index in [1.165, 1.54) is 11.1 Å². The Morgan fingerprint density at radius 3 is 2.46 bits per heavy atom. The molecule has 136 valence electrons. The van der Waals surface area contributed by atoms with Gasteiger partial charge in [0.2, 0.25) is 5.91 Å². The molecule has 0 aromatic heterocycles. The van der Waals surface area contributed by atoms with E-state index in [1.807, 2.05) is 12.1 Å². The molecule has 1 heterocycles. The third-order valence-corrected chi connectivity index (χ3v) is 5.03. The summed E-state index contributed by atoms with van der Waals surface area (Å²) in [6.07, 6.45) is 2.33. The van der Waals surface area contributed by atoms with E-state index >= 15 is 0 Å². The molecular formula is C22H26N2O2. The number of rotatable bonds is 5. The summed E-state index contributed by atoms with van der Waals surface area (Å²) in [5.41, 5.74) is 5.05. The summed E-state index contributed by atoms with van der Waals surface area (Å²) in [6.45, 7) is 6.99. The zero-order chi connectivity index (χ0) is 18.7. The van der Waals surface area contributed by atoms with Gasteiger partial charge in [-0.3, -0.25) is 9.59 Å². The van der Waals surface area contributed by atoms with Crippen LogP contribution in [0.15, 0.2) is 42.5 Å². The van der Waals surface area contributed by atoms with E-state index in [-0.39, 0.29) is 17.9 Å². The Bertz CT molecular complexity index is 811. The van der Waals surface area contributed by atoms with Crippen LogP contribution in [0.2, 0.25) is 0 Å². The van der Waals surface area contributed by atoms with Crippen LogP contribution in [-0.2, 0) is 4.79 Å². The molecule has 2 aromatic carbocycles. The Hall–Kier alpha value is -2.62. The first-order chi connectivity index (χ1) is 12.5. The second-order valence-electron chi connectivity index (χ2n) is 6.99. The van der Waals surface area contributed by atoms with E-state index in [2.05, 4.69) is 44.3 Å². The van der Waals surface area contributed by atoms with Crippen molar-refractivity contribution in [3.8, 4) is 0 Å². The highest BCUT2D eigenvalue weighted by molar-refractivity contribution is 5.97. The summed E-state index contributed by atoms with van der Waals surface area (Å²) in [6, 6.07) is 13.6. The molecule has 1 aliphatic rings. The quantitative estimate of drug-likeness (QED) is 0.873. The van der Waals surface area contributed by atoms with Crippen LogP contribution in [0.5, 0.6) is 0 Å². The number of hydrogen-bond donors (Lipinski definition) is 1. The monoisotopic (exact) mass is 350 g/mol. The predicted molar refractivity (Wildman–Crippen MR) is 104 cm³/mol. The van der Waals surface area contributed by atoms with E-state index in [1.54, 1.807) is 17.0 Å². The highest BCUT2D eigenvalue weighted by atomic mass is 16.2. The van der Waals surface area contributed by atoms with Crippen molar-refractivity contribution in [2.24, 2.45) is 0 Å². The smallest absolute Gasteiger partial charge is 0.251 e. The fourth-order valence-corrected chi connectivity index (χ4v) is 3.57. The van der Waals surface area contributed by atoms with Crippen LogP contribution < -0.4 is 10.2 Å². The van der Waals surface area contributed by atoms with Crippen LogP contribution in [0.4, 0.5) is 5.69 Å². The summed E-state index contributed by atoms with van der Waals surface area (Å²) in [7, 11) is 0. The van der Waals surface area contributed by atoms with Crippen LogP contribution in [0.1, 0.15) is 59.3 Å².